The Hall–Kier alpha value is -0.540. The maximum atomic E-state index is 11.8. The lowest BCUT2D eigenvalue weighted by atomic mass is 9.63. The van der Waals surface area contributed by atoms with Crippen LogP contribution in [0.3, 0.4) is 0 Å². The van der Waals surface area contributed by atoms with Gasteiger partial charge in [-0.1, -0.05) is 32.4 Å². The monoisotopic (exact) mass is 314 g/mol. The highest BCUT2D eigenvalue weighted by molar-refractivity contribution is 7.16. The van der Waals surface area contributed by atoms with E-state index in [9.17, 15) is 9.90 Å². The highest BCUT2D eigenvalue weighted by Gasteiger charge is 2.44. The summed E-state index contributed by atoms with van der Waals surface area (Å²) in [5.74, 6) is -0.0173. The van der Waals surface area contributed by atoms with Gasteiger partial charge in [0.1, 0.15) is 0 Å². The summed E-state index contributed by atoms with van der Waals surface area (Å²) in [5.41, 5.74) is -0.313. The van der Waals surface area contributed by atoms with E-state index in [0.717, 1.165) is 34.9 Å². The molecule has 4 heteroatoms. The van der Waals surface area contributed by atoms with Gasteiger partial charge >= 0.3 is 5.97 Å². The van der Waals surface area contributed by atoms with Gasteiger partial charge in [-0.2, -0.15) is 0 Å². The number of carbonyl (C=O) groups is 1. The quantitative estimate of drug-likeness (QED) is 0.827. The minimum Gasteiger partial charge on any atom is -0.481 e. The standard InChI is InChI=1S/C16H23ClO2S/c1-15(2,3)11-6-8-16(9-7-11,14(18)19)10-12-4-5-13(17)20-12/h4-5,11H,6-10H2,1-3H3,(H,18,19). The van der Waals surface area contributed by atoms with Crippen molar-refractivity contribution in [2.45, 2.75) is 52.9 Å². The maximum Gasteiger partial charge on any atom is 0.309 e. The van der Waals surface area contributed by atoms with Gasteiger partial charge in [0, 0.05) is 4.88 Å². The third-order valence-electron chi connectivity index (χ3n) is 4.76. The molecule has 112 valence electrons. The Morgan fingerprint density at radius 3 is 2.40 bits per heavy atom. The van der Waals surface area contributed by atoms with Gasteiger partial charge in [0.2, 0.25) is 0 Å². The smallest absolute Gasteiger partial charge is 0.309 e. The molecule has 1 heterocycles. The van der Waals surface area contributed by atoms with E-state index in [1.54, 1.807) is 0 Å². The third-order valence-corrected chi connectivity index (χ3v) is 5.99. The van der Waals surface area contributed by atoms with E-state index in [4.69, 9.17) is 11.6 Å². The van der Waals surface area contributed by atoms with E-state index in [1.165, 1.54) is 11.3 Å². The molecule has 0 unspecified atom stereocenters. The first-order valence-corrected chi connectivity index (χ1v) is 8.40. The van der Waals surface area contributed by atoms with E-state index in [2.05, 4.69) is 20.8 Å². The molecule has 0 saturated heterocycles. The zero-order valence-corrected chi connectivity index (χ0v) is 14.0. The summed E-state index contributed by atoms with van der Waals surface area (Å²) in [6, 6.07) is 3.82. The van der Waals surface area contributed by atoms with Crippen LogP contribution >= 0.6 is 22.9 Å². The molecule has 2 rings (SSSR count). The van der Waals surface area contributed by atoms with Gasteiger partial charge < -0.3 is 5.11 Å². The number of hydrogen-bond acceptors (Lipinski definition) is 2. The molecule has 0 radical (unpaired) electrons. The predicted molar refractivity (Wildman–Crippen MR) is 84.5 cm³/mol. The van der Waals surface area contributed by atoms with Crippen molar-refractivity contribution in [3.63, 3.8) is 0 Å². The van der Waals surface area contributed by atoms with Crippen LogP contribution < -0.4 is 0 Å². The van der Waals surface area contributed by atoms with Crippen molar-refractivity contribution < 1.29 is 9.90 Å². The van der Waals surface area contributed by atoms with Gasteiger partial charge in [-0.25, -0.2) is 0 Å². The van der Waals surface area contributed by atoms with Crippen LogP contribution in [0.2, 0.25) is 4.34 Å². The second-order valence-corrected chi connectivity index (χ2v) is 8.91. The average Bonchev–Trinajstić information content (AvgIpc) is 2.74. The van der Waals surface area contributed by atoms with E-state index < -0.39 is 11.4 Å². The van der Waals surface area contributed by atoms with Crippen LogP contribution in [0, 0.1) is 16.7 Å². The Labute approximate surface area is 130 Å². The summed E-state index contributed by atoms with van der Waals surface area (Å²) >= 11 is 7.46. The summed E-state index contributed by atoms with van der Waals surface area (Å²) in [6.07, 6.45) is 4.19. The van der Waals surface area contributed by atoms with Crippen LogP contribution in [-0.2, 0) is 11.2 Å². The second kappa shape index (κ2) is 5.69. The minimum atomic E-state index is -0.644. The van der Waals surface area contributed by atoms with Crippen molar-refractivity contribution in [3.05, 3.63) is 21.3 Å². The molecule has 20 heavy (non-hydrogen) atoms. The van der Waals surface area contributed by atoms with Gasteiger partial charge in [0.05, 0.1) is 9.75 Å². The zero-order valence-electron chi connectivity index (χ0n) is 12.4. The molecule has 1 N–H and O–H groups in total. The van der Waals surface area contributed by atoms with Crippen molar-refractivity contribution >= 4 is 28.9 Å². The fourth-order valence-electron chi connectivity index (χ4n) is 3.28. The van der Waals surface area contributed by atoms with Gasteiger partial charge in [0.25, 0.3) is 0 Å². The fourth-order valence-corrected chi connectivity index (χ4v) is 4.51. The van der Waals surface area contributed by atoms with Crippen molar-refractivity contribution in [2.24, 2.45) is 16.7 Å². The first-order valence-electron chi connectivity index (χ1n) is 7.21. The van der Waals surface area contributed by atoms with Crippen LogP contribution in [0.4, 0.5) is 0 Å². The third kappa shape index (κ3) is 3.37. The molecule has 0 spiro atoms. The van der Waals surface area contributed by atoms with Crippen LogP contribution in [0.15, 0.2) is 12.1 Å². The molecule has 1 aromatic rings. The molecule has 1 aliphatic rings. The van der Waals surface area contributed by atoms with E-state index in [-0.39, 0.29) is 5.41 Å². The Bertz CT molecular complexity index is 479. The second-order valence-electron chi connectivity index (χ2n) is 7.11. The molecule has 1 saturated carbocycles. The summed E-state index contributed by atoms with van der Waals surface area (Å²) in [6.45, 7) is 6.76. The van der Waals surface area contributed by atoms with E-state index >= 15 is 0 Å². The van der Waals surface area contributed by atoms with Crippen molar-refractivity contribution in [1.82, 2.24) is 0 Å². The normalized spacial score (nSPS) is 27.5. The Balaban J connectivity index is 2.11. The summed E-state index contributed by atoms with van der Waals surface area (Å²) in [5, 5.41) is 9.72. The molecular weight excluding hydrogens is 292 g/mol. The zero-order chi connectivity index (χ0) is 15.0. The predicted octanol–water partition coefficient (Wildman–Crippen LogP) is 5.25. The molecule has 0 bridgehead atoms. The molecule has 1 fully saturated rings. The average molecular weight is 315 g/mol. The summed E-state index contributed by atoms with van der Waals surface area (Å²) < 4.78 is 0.740. The topological polar surface area (TPSA) is 37.3 Å². The largest absolute Gasteiger partial charge is 0.481 e. The molecule has 1 aliphatic carbocycles. The number of aliphatic carboxylic acids is 1. The highest BCUT2D eigenvalue weighted by atomic mass is 35.5. The molecular formula is C16H23ClO2S. The number of carboxylic acids is 1. The van der Waals surface area contributed by atoms with Gasteiger partial charge in [-0.3, -0.25) is 4.79 Å². The number of hydrogen-bond donors (Lipinski definition) is 1. The lowest BCUT2D eigenvalue weighted by Crippen LogP contribution is -2.39. The first-order chi connectivity index (χ1) is 9.23. The van der Waals surface area contributed by atoms with Crippen molar-refractivity contribution in [2.75, 3.05) is 0 Å². The first kappa shape index (κ1) is 15.8. The van der Waals surface area contributed by atoms with Gasteiger partial charge in [-0.15, -0.1) is 11.3 Å². The summed E-state index contributed by atoms with van der Waals surface area (Å²) in [4.78, 5) is 12.9. The SMILES string of the molecule is CC(C)(C)C1CCC(Cc2ccc(Cl)s2)(C(=O)O)CC1. The Kier molecular flexibility index (Phi) is 4.50. The van der Waals surface area contributed by atoms with Crippen LogP contribution in [0.5, 0.6) is 0 Å². The maximum absolute atomic E-state index is 11.8. The fraction of sp³-hybridized carbons (Fsp3) is 0.688. The van der Waals surface area contributed by atoms with Crippen LogP contribution in [-0.4, -0.2) is 11.1 Å². The van der Waals surface area contributed by atoms with Crippen molar-refractivity contribution in [3.8, 4) is 0 Å². The molecule has 0 atom stereocenters. The van der Waals surface area contributed by atoms with E-state index in [0.29, 0.717) is 12.3 Å². The van der Waals surface area contributed by atoms with Gasteiger partial charge in [-0.05, 0) is 55.6 Å². The number of thiophene rings is 1. The van der Waals surface area contributed by atoms with Crippen LogP contribution in [0.25, 0.3) is 0 Å². The van der Waals surface area contributed by atoms with Gasteiger partial charge in [0.15, 0.2) is 0 Å². The molecule has 0 amide bonds. The lowest BCUT2D eigenvalue weighted by Gasteiger charge is -2.41. The molecule has 2 nitrogen and oxygen atoms in total. The lowest BCUT2D eigenvalue weighted by molar-refractivity contribution is -0.152. The van der Waals surface area contributed by atoms with E-state index in [1.807, 2.05) is 12.1 Å². The molecule has 1 aromatic heterocycles. The highest BCUT2D eigenvalue weighted by Crippen LogP contribution is 2.47. The summed E-state index contributed by atoms with van der Waals surface area (Å²) in [7, 11) is 0. The minimum absolute atomic E-state index is 0.275. The van der Waals surface area contributed by atoms with Crippen LogP contribution in [0.1, 0.15) is 51.3 Å². The Morgan fingerprint density at radius 2 is 2.00 bits per heavy atom. The molecule has 0 aliphatic heterocycles. The Morgan fingerprint density at radius 1 is 1.40 bits per heavy atom. The molecule has 0 aromatic carbocycles. The van der Waals surface area contributed by atoms with Crippen molar-refractivity contribution in [1.29, 1.82) is 0 Å². The number of rotatable bonds is 3. The number of carboxylic acid groups (broad SMARTS) is 1. The number of halogens is 1.